The second kappa shape index (κ2) is 13.1. The Morgan fingerprint density at radius 1 is 1.16 bits per heavy atom. The molecule has 0 amide bonds. The summed E-state index contributed by atoms with van der Waals surface area (Å²) in [6.45, 7) is 7.63. The summed E-state index contributed by atoms with van der Waals surface area (Å²) >= 11 is 0. The van der Waals surface area contributed by atoms with Crippen LogP contribution in [0.15, 0.2) is 42.5 Å². The van der Waals surface area contributed by atoms with Crippen LogP contribution in [0.1, 0.15) is 38.3 Å². The number of nitriles is 1. The second-order valence-electron chi connectivity index (χ2n) is 8.00. The number of aliphatic hydroxyl groups excluding tert-OH is 1. The third-order valence-electron chi connectivity index (χ3n) is 4.73. The Hall–Kier alpha value is -2.46. The monoisotopic (exact) mass is 447 g/mol. The highest BCUT2D eigenvalue weighted by molar-refractivity contribution is 5.85. The first-order valence-electron chi connectivity index (χ1n) is 10.3. The molecule has 0 saturated heterocycles. The molecule has 0 heterocycles. The van der Waals surface area contributed by atoms with Crippen molar-refractivity contribution in [1.29, 1.82) is 5.26 Å². The summed E-state index contributed by atoms with van der Waals surface area (Å²) in [5.41, 5.74) is 2.34. The van der Waals surface area contributed by atoms with Crippen LogP contribution in [-0.2, 0) is 6.42 Å². The first-order valence-corrected chi connectivity index (χ1v) is 10.3. The lowest BCUT2D eigenvalue weighted by Crippen LogP contribution is -2.46. The molecule has 0 saturated carbocycles. The fourth-order valence-corrected chi connectivity index (χ4v) is 3.08. The molecule has 2 aromatic rings. The molecular formula is C24H34ClN3O3. The van der Waals surface area contributed by atoms with Gasteiger partial charge in [-0.05, 0) is 62.6 Å². The molecule has 0 fully saturated rings. The molecule has 0 aliphatic rings. The van der Waals surface area contributed by atoms with Crippen LogP contribution in [0.3, 0.4) is 0 Å². The van der Waals surface area contributed by atoms with E-state index < -0.39 is 6.10 Å². The Labute approximate surface area is 192 Å². The third kappa shape index (κ3) is 9.06. The largest absolute Gasteiger partial charge is 0.497 e. The van der Waals surface area contributed by atoms with Crippen LogP contribution < -0.4 is 20.1 Å². The Balaban J connectivity index is 0.00000480. The molecular weight excluding hydrogens is 414 g/mol. The minimum Gasteiger partial charge on any atom is -0.497 e. The van der Waals surface area contributed by atoms with E-state index in [1.54, 1.807) is 19.2 Å². The van der Waals surface area contributed by atoms with Crippen molar-refractivity contribution in [3.8, 4) is 17.6 Å². The van der Waals surface area contributed by atoms with Crippen LogP contribution in [0.5, 0.6) is 11.5 Å². The second-order valence-corrected chi connectivity index (χ2v) is 8.00. The summed E-state index contributed by atoms with van der Waals surface area (Å²) < 4.78 is 10.9. The standard InChI is InChI=1S/C24H33N3O3.ClH/c1-5-12-26-20-8-11-23(19(13-20)15-25)30-17-21(28)16-27-24(2,3)14-18-6-9-22(29-4)10-7-18;/h6-11,13,21,26-28H,5,12,14,16-17H2,1-4H3;1H/t21-;/m1./s1. The SMILES string of the molecule is CCCNc1ccc(OC[C@H](O)CNC(C)(C)Cc2ccc(OC)cc2)c(C#N)c1.Cl. The first kappa shape index (κ1) is 26.6. The maximum absolute atomic E-state index is 10.3. The predicted molar refractivity (Wildman–Crippen MR) is 127 cm³/mol. The van der Waals surface area contributed by atoms with Gasteiger partial charge in [0.25, 0.3) is 0 Å². The minimum atomic E-state index is -0.690. The molecule has 0 bridgehead atoms. The van der Waals surface area contributed by atoms with Crippen LogP contribution in [0.4, 0.5) is 5.69 Å². The summed E-state index contributed by atoms with van der Waals surface area (Å²) in [6, 6.07) is 15.6. The molecule has 1 atom stereocenters. The number of nitrogens with one attached hydrogen (secondary N) is 2. The molecule has 31 heavy (non-hydrogen) atoms. The zero-order chi connectivity index (χ0) is 22.0. The fraction of sp³-hybridized carbons (Fsp3) is 0.458. The van der Waals surface area contributed by atoms with Gasteiger partial charge in [0.2, 0.25) is 0 Å². The number of halogens is 1. The Morgan fingerprint density at radius 2 is 1.87 bits per heavy atom. The highest BCUT2D eigenvalue weighted by Gasteiger charge is 2.20. The van der Waals surface area contributed by atoms with Gasteiger partial charge in [-0.2, -0.15) is 5.26 Å². The molecule has 0 aliphatic carbocycles. The molecule has 0 aliphatic heterocycles. The number of hydrogen-bond acceptors (Lipinski definition) is 6. The lowest BCUT2D eigenvalue weighted by molar-refractivity contribution is 0.0987. The molecule has 7 heteroatoms. The van der Waals surface area contributed by atoms with Crippen molar-refractivity contribution in [2.24, 2.45) is 0 Å². The summed E-state index contributed by atoms with van der Waals surface area (Å²) in [4.78, 5) is 0. The molecule has 2 aromatic carbocycles. The van der Waals surface area contributed by atoms with E-state index in [-0.39, 0.29) is 24.6 Å². The molecule has 3 N–H and O–H groups in total. The quantitative estimate of drug-likeness (QED) is 0.453. The van der Waals surface area contributed by atoms with Gasteiger partial charge in [-0.15, -0.1) is 12.4 Å². The van der Waals surface area contributed by atoms with Crippen molar-refractivity contribution in [2.75, 3.05) is 32.1 Å². The van der Waals surface area contributed by atoms with E-state index in [0.717, 1.165) is 30.8 Å². The maximum Gasteiger partial charge on any atom is 0.137 e. The van der Waals surface area contributed by atoms with Crippen molar-refractivity contribution >= 4 is 18.1 Å². The average molecular weight is 448 g/mol. The van der Waals surface area contributed by atoms with E-state index in [1.165, 1.54) is 5.56 Å². The zero-order valence-electron chi connectivity index (χ0n) is 18.8. The lowest BCUT2D eigenvalue weighted by Gasteiger charge is -2.28. The van der Waals surface area contributed by atoms with Crippen LogP contribution in [0.2, 0.25) is 0 Å². The lowest BCUT2D eigenvalue weighted by atomic mass is 9.94. The van der Waals surface area contributed by atoms with Crippen LogP contribution in [-0.4, -0.2) is 43.6 Å². The van der Waals surface area contributed by atoms with Crippen LogP contribution >= 0.6 is 12.4 Å². The number of anilines is 1. The normalized spacial score (nSPS) is 11.7. The number of methoxy groups -OCH3 is 1. The van der Waals surface area contributed by atoms with Crippen molar-refractivity contribution in [3.63, 3.8) is 0 Å². The van der Waals surface area contributed by atoms with Crippen LogP contribution in [0.25, 0.3) is 0 Å². The molecule has 170 valence electrons. The Kier molecular flexibility index (Phi) is 11.2. The van der Waals surface area contributed by atoms with Gasteiger partial charge in [0.15, 0.2) is 0 Å². The average Bonchev–Trinajstić information content (AvgIpc) is 2.75. The highest BCUT2D eigenvalue weighted by Crippen LogP contribution is 2.22. The molecule has 0 aromatic heterocycles. The molecule has 2 rings (SSSR count). The van der Waals surface area contributed by atoms with E-state index in [4.69, 9.17) is 9.47 Å². The number of hydrogen-bond donors (Lipinski definition) is 3. The number of nitrogens with zero attached hydrogens (tertiary/aromatic N) is 1. The van der Waals surface area contributed by atoms with Gasteiger partial charge in [0, 0.05) is 24.3 Å². The molecule has 6 nitrogen and oxygen atoms in total. The van der Waals surface area contributed by atoms with E-state index >= 15 is 0 Å². The summed E-state index contributed by atoms with van der Waals surface area (Å²) in [6.07, 6.45) is 1.13. The maximum atomic E-state index is 10.3. The topological polar surface area (TPSA) is 86.5 Å². The fourth-order valence-electron chi connectivity index (χ4n) is 3.08. The van der Waals surface area contributed by atoms with Crippen LogP contribution in [0, 0.1) is 11.3 Å². The van der Waals surface area contributed by atoms with Crippen molar-refractivity contribution in [3.05, 3.63) is 53.6 Å². The number of aliphatic hydroxyl groups is 1. The highest BCUT2D eigenvalue weighted by atomic mass is 35.5. The van der Waals surface area contributed by atoms with Gasteiger partial charge in [-0.3, -0.25) is 0 Å². The number of β-amino-alcohol motifs (C(OH)–C–C–N with tert-alkyl or cyclic N) is 1. The Morgan fingerprint density at radius 3 is 2.48 bits per heavy atom. The van der Waals surface area contributed by atoms with Crippen molar-refractivity contribution in [2.45, 2.75) is 45.3 Å². The van der Waals surface area contributed by atoms with Gasteiger partial charge >= 0.3 is 0 Å². The van der Waals surface area contributed by atoms with E-state index in [2.05, 4.69) is 37.5 Å². The van der Waals surface area contributed by atoms with Gasteiger partial charge < -0.3 is 25.2 Å². The summed E-state index contributed by atoms with van der Waals surface area (Å²) in [5.74, 6) is 1.32. The third-order valence-corrected chi connectivity index (χ3v) is 4.73. The Bertz CT molecular complexity index is 835. The van der Waals surface area contributed by atoms with Gasteiger partial charge in [-0.1, -0.05) is 19.1 Å². The van der Waals surface area contributed by atoms with Gasteiger partial charge in [0.05, 0.1) is 12.7 Å². The van der Waals surface area contributed by atoms with E-state index in [9.17, 15) is 10.4 Å². The van der Waals surface area contributed by atoms with E-state index in [0.29, 0.717) is 17.9 Å². The van der Waals surface area contributed by atoms with Crippen molar-refractivity contribution in [1.82, 2.24) is 5.32 Å². The molecule has 0 radical (unpaired) electrons. The summed E-state index contributed by atoms with van der Waals surface area (Å²) in [5, 5.41) is 26.4. The predicted octanol–water partition coefficient (Wildman–Crippen LogP) is 4.16. The van der Waals surface area contributed by atoms with Gasteiger partial charge in [-0.25, -0.2) is 0 Å². The first-order chi connectivity index (χ1) is 14.4. The molecule has 0 spiro atoms. The number of rotatable bonds is 12. The number of benzene rings is 2. The van der Waals surface area contributed by atoms with Crippen molar-refractivity contribution < 1.29 is 14.6 Å². The number of ether oxygens (including phenoxy) is 2. The van der Waals surface area contributed by atoms with Gasteiger partial charge in [0.1, 0.15) is 30.3 Å². The molecule has 0 unspecified atom stereocenters. The smallest absolute Gasteiger partial charge is 0.137 e. The minimum absolute atomic E-state index is 0. The summed E-state index contributed by atoms with van der Waals surface area (Å²) in [7, 11) is 1.65. The zero-order valence-corrected chi connectivity index (χ0v) is 19.6. The van der Waals surface area contributed by atoms with E-state index in [1.807, 2.05) is 30.3 Å².